The number of likely N-dealkylation sites (tertiary alicyclic amines) is 1. The average Bonchev–Trinajstić information content (AvgIpc) is 3.33. The van der Waals surface area contributed by atoms with Crippen LogP contribution in [-0.2, 0) is 6.42 Å². The molecule has 3 aromatic rings. The lowest BCUT2D eigenvalue weighted by atomic mass is 10.1. The van der Waals surface area contributed by atoms with Crippen molar-refractivity contribution in [3.8, 4) is 11.3 Å². The van der Waals surface area contributed by atoms with E-state index < -0.39 is 0 Å². The number of hydrogen-bond acceptors (Lipinski definition) is 7. The lowest BCUT2D eigenvalue weighted by Crippen LogP contribution is -2.36. The van der Waals surface area contributed by atoms with E-state index in [0.717, 1.165) is 60.6 Å². The van der Waals surface area contributed by atoms with Gasteiger partial charge < -0.3 is 9.42 Å². The Hall–Kier alpha value is -3.16. The second-order valence-electron chi connectivity index (χ2n) is 7.02. The van der Waals surface area contributed by atoms with Crippen molar-refractivity contribution in [1.29, 1.82) is 0 Å². The summed E-state index contributed by atoms with van der Waals surface area (Å²) in [6.07, 6.45) is 11.7. The Morgan fingerprint density at radius 3 is 2.86 bits per heavy atom. The first kappa shape index (κ1) is 18.2. The van der Waals surface area contributed by atoms with Gasteiger partial charge in [0.05, 0.1) is 35.0 Å². The lowest BCUT2D eigenvalue weighted by Gasteiger charge is -2.24. The summed E-state index contributed by atoms with van der Waals surface area (Å²) in [6.45, 7) is 4.53. The van der Waals surface area contributed by atoms with E-state index >= 15 is 0 Å². The fourth-order valence-electron chi connectivity index (χ4n) is 3.77. The first-order valence-electron chi connectivity index (χ1n) is 9.44. The third kappa shape index (κ3) is 3.62. The molecule has 1 fully saturated rings. The second kappa shape index (κ2) is 7.84. The predicted octanol–water partition coefficient (Wildman–Crippen LogP) is 2.78. The van der Waals surface area contributed by atoms with Crippen LogP contribution in [0, 0.1) is 13.8 Å². The van der Waals surface area contributed by atoms with Crippen LogP contribution in [0.5, 0.6) is 0 Å². The van der Waals surface area contributed by atoms with Crippen LogP contribution in [0.25, 0.3) is 11.3 Å². The van der Waals surface area contributed by atoms with Crippen LogP contribution in [0.1, 0.15) is 46.9 Å². The minimum atomic E-state index is -0.0499. The van der Waals surface area contributed by atoms with Gasteiger partial charge in [-0.15, -0.1) is 0 Å². The van der Waals surface area contributed by atoms with Gasteiger partial charge in [-0.3, -0.25) is 14.8 Å². The Kier molecular flexibility index (Phi) is 5.10. The minimum absolute atomic E-state index is 0.0499. The third-order valence-corrected chi connectivity index (χ3v) is 5.13. The molecule has 0 aliphatic carbocycles. The molecule has 0 spiro atoms. The normalized spacial score (nSPS) is 16.5. The topological polar surface area (TPSA) is 97.9 Å². The fourth-order valence-corrected chi connectivity index (χ4v) is 3.77. The van der Waals surface area contributed by atoms with Crippen LogP contribution in [0.4, 0.5) is 0 Å². The largest absolute Gasteiger partial charge is 0.361 e. The van der Waals surface area contributed by atoms with Crippen molar-refractivity contribution in [2.75, 3.05) is 6.54 Å². The number of nitrogens with zero attached hydrogens (tertiary/aromatic N) is 6. The maximum atomic E-state index is 12.7. The molecule has 0 radical (unpaired) electrons. The van der Waals surface area contributed by atoms with Gasteiger partial charge in [-0.2, -0.15) is 0 Å². The van der Waals surface area contributed by atoms with E-state index in [0.29, 0.717) is 5.69 Å². The van der Waals surface area contributed by atoms with Crippen molar-refractivity contribution in [2.45, 2.75) is 45.6 Å². The predicted molar refractivity (Wildman–Crippen MR) is 101 cm³/mol. The highest BCUT2D eigenvalue weighted by Gasteiger charge is 2.30. The van der Waals surface area contributed by atoms with E-state index in [2.05, 4.69) is 20.1 Å². The number of carbonyl (C=O) groups is 1. The highest BCUT2D eigenvalue weighted by Crippen LogP contribution is 2.26. The Balaban J connectivity index is 1.46. The van der Waals surface area contributed by atoms with Crippen LogP contribution in [0.15, 0.2) is 35.5 Å². The molecule has 8 nitrogen and oxygen atoms in total. The summed E-state index contributed by atoms with van der Waals surface area (Å²) in [7, 11) is 0. The summed E-state index contributed by atoms with van der Waals surface area (Å²) < 4.78 is 5.24. The first-order valence-corrected chi connectivity index (χ1v) is 9.44. The molecule has 1 amide bonds. The molecule has 0 bridgehead atoms. The first-order chi connectivity index (χ1) is 13.6. The summed E-state index contributed by atoms with van der Waals surface area (Å²) in [5.74, 6) is 0.687. The van der Waals surface area contributed by atoms with E-state index in [1.165, 1.54) is 6.20 Å². The zero-order valence-electron chi connectivity index (χ0n) is 16.0. The summed E-state index contributed by atoms with van der Waals surface area (Å²) >= 11 is 0. The van der Waals surface area contributed by atoms with Crippen molar-refractivity contribution >= 4 is 5.91 Å². The molecule has 0 aromatic carbocycles. The second-order valence-corrected chi connectivity index (χ2v) is 7.02. The quantitative estimate of drug-likeness (QED) is 0.673. The van der Waals surface area contributed by atoms with Gasteiger partial charge in [-0.1, -0.05) is 5.16 Å². The fraction of sp³-hybridized carbons (Fsp3) is 0.400. The maximum Gasteiger partial charge on any atom is 0.274 e. The third-order valence-electron chi connectivity index (χ3n) is 5.13. The van der Waals surface area contributed by atoms with Gasteiger partial charge in [0.1, 0.15) is 11.5 Å². The number of aromatic nitrogens is 5. The van der Waals surface area contributed by atoms with Gasteiger partial charge in [-0.05, 0) is 39.5 Å². The van der Waals surface area contributed by atoms with E-state index in [1.807, 2.05) is 18.7 Å². The van der Waals surface area contributed by atoms with Gasteiger partial charge in [-0.25, -0.2) is 9.97 Å². The summed E-state index contributed by atoms with van der Waals surface area (Å²) in [5, 5.41) is 3.99. The van der Waals surface area contributed by atoms with Gasteiger partial charge in [0.25, 0.3) is 5.91 Å². The zero-order chi connectivity index (χ0) is 19.5. The number of aryl methyl sites for hydroxylation is 3. The van der Waals surface area contributed by atoms with Crippen LogP contribution in [-0.4, -0.2) is 48.5 Å². The van der Waals surface area contributed by atoms with E-state index in [4.69, 9.17) is 9.51 Å². The standard InChI is InChI=1S/C20H22N6O2/c1-13-19(14(2)28-25-13)17-11-22-10-15(24-17)5-6-16-4-3-9-26(16)20(27)18-12-21-7-8-23-18/h7-8,10-12,16H,3-6,9H2,1-2H3/t16-/m1/s1. The minimum Gasteiger partial charge on any atom is -0.361 e. The monoisotopic (exact) mass is 378 g/mol. The molecule has 28 heavy (non-hydrogen) atoms. The zero-order valence-corrected chi connectivity index (χ0v) is 16.0. The molecule has 1 saturated heterocycles. The van der Waals surface area contributed by atoms with Crippen LogP contribution in [0.3, 0.4) is 0 Å². The van der Waals surface area contributed by atoms with Gasteiger partial charge >= 0.3 is 0 Å². The van der Waals surface area contributed by atoms with Gasteiger partial charge in [0.15, 0.2) is 0 Å². The maximum absolute atomic E-state index is 12.7. The highest BCUT2D eigenvalue weighted by molar-refractivity contribution is 5.92. The molecular formula is C20H22N6O2. The number of carbonyl (C=O) groups excluding carboxylic acids is 1. The molecule has 3 aromatic heterocycles. The molecule has 1 aliphatic heterocycles. The Labute approximate surface area is 163 Å². The molecule has 4 heterocycles. The molecule has 4 rings (SSSR count). The number of hydrogen-bond donors (Lipinski definition) is 0. The Bertz CT molecular complexity index is 952. The molecule has 1 atom stereocenters. The van der Waals surface area contributed by atoms with Crippen LogP contribution >= 0.6 is 0 Å². The van der Waals surface area contributed by atoms with Crippen molar-refractivity contribution in [1.82, 2.24) is 30.0 Å². The Morgan fingerprint density at radius 1 is 1.21 bits per heavy atom. The molecular weight excluding hydrogens is 356 g/mol. The van der Waals surface area contributed by atoms with Crippen molar-refractivity contribution in [3.63, 3.8) is 0 Å². The average molecular weight is 378 g/mol. The molecule has 0 N–H and O–H groups in total. The molecule has 144 valence electrons. The lowest BCUT2D eigenvalue weighted by molar-refractivity contribution is 0.0724. The van der Waals surface area contributed by atoms with Crippen LogP contribution < -0.4 is 0 Å². The van der Waals surface area contributed by atoms with Gasteiger partial charge in [0.2, 0.25) is 0 Å². The molecule has 8 heteroatoms. The van der Waals surface area contributed by atoms with E-state index in [1.54, 1.807) is 24.8 Å². The molecule has 0 unspecified atom stereocenters. The van der Waals surface area contributed by atoms with Gasteiger partial charge in [0, 0.05) is 31.2 Å². The summed E-state index contributed by atoms with van der Waals surface area (Å²) in [4.78, 5) is 31.9. The Morgan fingerprint density at radius 2 is 2.11 bits per heavy atom. The van der Waals surface area contributed by atoms with Crippen molar-refractivity contribution < 1.29 is 9.32 Å². The number of rotatable bonds is 5. The van der Waals surface area contributed by atoms with E-state index in [9.17, 15) is 4.79 Å². The smallest absolute Gasteiger partial charge is 0.274 e. The van der Waals surface area contributed by atoms with Crippen LogP contribution in [0.2, 0.25) is 0 Å². The van der Waals surface area contributed by atoms with E-state index in [-0.39, 0.29) is 11.9 Å². The molecule has 1 aliphatic rings. The van der Waals surface area contributed by atoms with Crippen molar-refractivity contribution in [2.24, 2.45) is 0 Å². The highest BCUT2D eigenvalue weighted by atomic mass is 16.5. The van der Waals surface area contributed by atoms with Crippen molar-refractivity contribution in [3.05, 3.63) is 53.8 Å². The SMILES string of the molecule is Cc1noc(C)c1-c1cncc(CC[C@H]2CCCN2C(=O)c2cnccn2)n1. The summed E-state index contributed by atoms with van der Waals surface area (Å²) in [6, 6.07) is 0.180. The number of amides is 1. The molecule has 0 saturated carbocycles. The summed E-state index contributed by atoms with van der Waals surface area (Å²) in [5.41, 5.74) is 3.77.